The molecule has 1 rings (SSSR count). The van der Waals surface area contributed by atoms with Crippen molar-refractivity contribution in [3.05, 3.63) is 29.8 Å². The van der Waals surface area contributed by atoms with Gasteiger partial charge in [-0.15, -0.1) is 0 Å². The van der Waals surface area contributed by atoms with E-state index in [1.807, 2.05) is 0 Å². The minimum Gasteiger partial charge on any atom is -0.373 e. The molecule has 17 heavy (non-hydrogen) atoms. The highest BCUT2D eigenvalue weighted by molar-refractivity contribution is 5.47. The quantitative estimate of drug-likeness (QED) is 0.814. The van der Waals surface area contributed by atoms with E-state index in [-0.39, 0.29) is 5.54 Å². The van der Waals surface area contributed by atoms with Crippen molar-refractivity contribution >= 4 is 5.69 Å². The van der Waals surface area contributed by atoms with Gasteiger partial charge in [0.1, 0.15) is 0 Å². The molecule has 0 saturated carbocycles. The average Bonchev–Trinajstić information content (AvgIpc) is 2.28. The second-order valence-corrected chi connectivity index (χ2v) is 5.29. The van der Waals surface area contributed by atoms with Crippen molar-refractivity contribution in [1.29, 1.82) is 0 Å². The molecule has 1 aromatic carbocycles. The van der Waals surface area contributed by atoms with Gasteiger partial charge in [0.25, 0.3) is 0 Å². The van der Waals surface area contributed by atoms with Crippen molar-refractivity contribution in [1.82, 2.24) is 5.32 Å². The summed E-state index contributed by atoms with van der Waals surface area (Å²) in [6.45, 7) is 10.8. The van der Waals surface area contributed by atoms with Crippen LogP contribution in [0.2, 0.25) is 0 Å². The molecular weight excluding hydrogens is 208 g/mol. The Kier molecular flexibility index (Phi) is 5.01. The number of benzene rings is 1. The first-order valence-corrected chi connectivity index (χ1v) is 6.53. The molecular formula is C15H26N2. The summed E-state index contributed by atoms with van der Waals surface area (Å²) >= 11 is 0. The van der Waals surface area contributed by atoms with Crippen LogP contribution in [0, 0.1) is 0 Å². The highest BCUT2D eigenvalue weighted by Gasteiger charge is 2.18. The van der Waals surface area contributed by atoms with Crippen LogP contribution in [0.1, 0.15) is 33.3 Å². The van der Waals surface area contributed by atoms with Crippen LogP contribution in [0.15, 0.2) is 24.3 Å². The molecule has 0 heterocycles. The van der Waals surface area contributed by atoms with E-state index in [0.717, 1.165) is 19.5 Å². The first-order chi connectivity index (χ1) is 7.98. The Labute approximate surface area is 106 Å². The Morgan fingerprint density at radius 3 is 2.18 bits per heavy atom. The molecule has 2 heteroatoms. The smallest absolute Gasteiger partial charge is 0.0364 e. The van der Waals surface area contributed by atoms with Gasteiger partial charge in [-0.25, -0.2) is 0 Å². The highest BCUT2D eigenvalue weighted by Crippen LogP contribution is 2.16. The standard InChI is InChI=1S/C15H26N2/c1-6-13-8-10-14(11-9-13)17(5)12-15(3,4)16-7-2/h8-11,16H,6-7,12H2,1-5H3. The zero-order valence-electron chi connectivity index (χ0n) is 11.9. The maximum atomic E-state index is 3.50. The summed E-state index contributed by atoms with van der Waals surface area (Å²) in [5.41, 5.74) is 2.83. The van der Waals surface area contributed by atoms with Crippen LogP contribution >= 0.6 is 0 Å². The van der Waals surface area contributed by atoms with Crippen LogP contribution in [0.25, 0.3) is 0 Å². The maximum Gasteiger partial charge on any atom is 0.0364 e. The van der Waals surface area contributed by atoms with Crippen LogP contribution in [-0.2, 0) is 6.42 Å². The molecule has 0 aliphatic heterocycles. The lowest BCUT2D eigenvalue weighted by molar-refractivity contribution is 0.403. The first kappa shape index (κ1) is 14.0. The lowest BCUT2D eigenvalue weighted by Crippen LogP contribution is -2.48. The van der Waals surface area contributed by atoms with E-state index in [0.29, 0.717) is 0 Å². The van der Waals surface area contributed by atoms with E-state index in [9.17, 15) is 0 Å². The SMILES string of the molecule is CCNC(C)(C)CN(C)c1ccc(CC)cc1. The predicted molar refractivity (Wildman–Crippen MR) is 76.8 cm³/mol. The third kappa shape index (κ3) is 4.39. The topological polar surface area (TPSA) is 15.3 Å². The highest BCUT2D eigenvalue weighted by atomic mass is 15.1. The Bertz CT molecular complexity index is 327. The fraction of sp³-hybridized carbons (Fsp3) is 0.600. The van der Waals surface area contributed by atoms with E-state index in [1.165, 1.54) is 11.3 Å². The van der Waals surface area contributed by atoms with Crippen molar-refractivity contribution < 1.29 is 0 Å². The minimum atomic E-state index is 0.146. The van der Waals surface area contributed by atoms with Crippen LogP contribution in [0.3, 0.4) is 0 Å². The van der Waals surface area contributed by atoms with Gasteiger partial charge in [0.15, 0.2) is 0 Å². The number of rotatable bonds is 6. The molecule has 0 aliphatic rings. The van der Waals surface area contributed by atoms with Crippen LogP contribution in [-0.4, -0.2) is 25.7 Å². The molecule has 96 valence electrons. The Balaban J connectivity index is 2.65. The number of nitrogens with one attached hydrogen (secondary N) is 1. The normalized spacial score (nSPS) is 11.6. The van der Waals surface area contributed by atoms with Crippen LogP contribution < -0.4 is 10.2 Å². The van der Waals surface area contributed by atoms with Gasteiger partial charge >= 0.3 is 0 Å². The van der Waals surface area contributed by atoms with Crippen molar-refractivity contribution in [2.75, 3.05) is 25.0 Å². The van der Waals surface area contributed by atoms with Gasteiger partial charge in [-0.05, 0) is 44.5 Å². The van der Waals surface area contributed by atoms with E-state index < -0.39 is 0 Å². The molecule has 2 nitrogen and oxygen atoms in total. The van der Waals surface area contributed by atoms with E-state index >= 15 is 0 Å². The van der Waals surface area contributed by atoms with Gasteiger partial charge < -0.3 is 10.2 Å². The fourth-order valence-electron chi connectivity index (χ4n) is 2.20. The largest absolute Gasteiger partial charge is 0.373 e. The van der Waals surface area contributed by atoms with Crippen molar-refractivity contribution in [3.8, 4) is 0 Å². The summed E-state index contributed by atoms with van der Waals surface area (Å²) in [7, 11) is 2.15. The van der Waals surface area contributed by atoms with Crippen LogP contribution in [0.5, 0.6) is 0 Å². The van der Waals surface area contributed by atoms with Gasteiger partial charge in [-0.2, -0.15) is 0 Å². The maximum absolute atomic E-state index is 3.50. The Morgan fingerprint density at radius 2 is 1.71 bits per heavy atom. The van der Waals surface area contributed by atoms with E-state index in [1.54, 1.807) is 0 Å². The molecule has 0 fully saturated rings. The lowest BCUT2D eigenvalue weighted by Gasteiger charge is -2.32. The number of hydrogen-bond donors (Lipinski definition) is 1. The molecule has 0 spiro atoms. The number of anilines is 1. The monoisotopic (exact) mass is 234 g/mol. The lowest BCUT2D eigenvalue weighted by atomic mass is 10.0. The summed E-state index contributed by atoms with van der Waals surface area (Å²) in [5, 5.41) is 3.50. The first-order valence-electron chi connectivity index (χ1n) is 6.53. The number of likely N-dealkylation sites (N-methyl/N-ethyl adjacent to an activating group) is 2. The average molecular weight is 234 g/mol. The molecule has 0 aromatic heterocycles. The second kappa shape index (κ2) is 6.06. The molecule has 0 saturated heterocycles. The molecule has 1 aromatic rings. The van der Waals surface area contributed by atoms with Gasteiger partial charge in [0.2, 0.25) is 0 Å². The Morgan fingerprint density at radius 1 is 1.12 bits per heavy atom. The Hall–Kier alpha value is -1.02. The van der Waals surface area contributed by atoms with E-state index in [2.05, 4.69) is 69.2 Å². The van der Waals surface area contributed by atoms with Gasteiger partial charge in [0.05, 0.1) is 0 Å². The minimum absolute atomic E-state index is 0.146. The zero-order valence-corrected chi connectivity index (χ0v) is 11.9. The predicted octanol–water partition coefficient (Wildman–Crippen LogP) is 3.07. The summed E-state index contributed by atoms with van der Waals surface area (Å²) in [5.74, 6) is 0. The van der Waals surface area contributed by atoms with E-state index in [4.69, 9.17) is 0 Å². The number of aryl methyl sites for hydroxylation is 1. The molecule has 0 bridgehead atoms. The second-order valence-electron chi connectivity index (χ2n) is 5.29. The van der Waals surface area contributed by atoms with Crippen LogP contribution in [0.4, 0.5) is 5.69 Å². The third-order valence-corrected chi connectivity index (χ3v) is 3.07. The molecule has 0 atom stereocenters. The van der Waals surface area contributed by atoms with Gasteiger partial charge in [-0.3, -0.25) is 0 Å². The number of hydrogen-bond acceptors (Lipinski definition) is 2. The van der Waals surface area contributed by atoms with Crippen molar-refractivity contribution in [2.24, 2.45) is 0 Å². The zero-order chi connectivity index (χ0) is 12.9. The molecule has 0 aliphatic carbocycles. The summed E-state index contributed by atoms with van der Waals surface area (Å²) in [4.78, 5) is 2.31. The molecule has 0 radical (unpaired) electrons. The van der Waals surface area contributed by atoms with Crippen molar-refractivity contribution in [2.45, 2.75) is 39.7 Å². The summed E-state index contributed by atoms with van der Waals surface area (Å²) in [6, 6.07) is 8.85. The summed E-state index contributed by atoms with van der Waals surface area (Å²) < 4.78 is 0. The molecule has 0 amide bonds. The van der Waals surface area contributed by atoms with Gasteiger partial charge in [0, 0.05) is 24.8 Å². The van der Waals surface area contributed by atoms with Crippen molar-refractivity contribution in [3.63, 3.8) is 0 Å². The molecule has 1 N–H and O–H groups in total. The summed E-state index contributed by atoms with van der Waals surface area (Å²) in [6.07, 6.45) is 1.10. The molecule has 0 unspecified atom stereocenters. The number of nitrogens with zero attached hydrogens (tertiary/aromatic N) is 1. The fourth-order valence-corrected chi connectivity index (χ4v) is 2.20. The third-order valence-electron chi connectivity index (χ3n) is 3.07. The van der Waals surface area contributed by atoms with Gasteiger partial charge in [-0.1, -0.05) is 26.0 Å².